The minimum absolute atomic E-state index is 0.170. The lowest BCUT2D eigenvalue weighted by Crippen LogP contribution is -2.28. The van der Waals surface area contributed by atoms with Crippen molar-refractivity contribution in [1.29, 1.82) is 0 Å². The monoisotopic (exact) mass is 404 g/mol. The van der Waals surface area contributed by atoms with Gasteiger partial charge in [-0.2, -0.15) is 0 Å². The van der Waals surface area contributed by atoms with Gasteiger partial charge in [0.15, 0.2) is 0 Å². The van der Waals surface area contributed by atoms with E-state index in [0.29, 0.717) is 12.0 Å². The fraction of sp³-hybridized carbons (Fsp3) is 0.565. The maximum atomic E-state index is 12.5. The number of unbranched alkanes of at least 4 members (excludes halogenated alkanes) is 2. The van der Waals surface area contributed by atoms with Gasteiger partial charge in [0.05, 0.1) is 23.7 Å². The third-order valence-electron chi connectivity index (χ3n) is 5.53. The molecule has 0 amide bonds. The Hall–Kier alpha value is -2.18. The van der Waals surface area contributed by atoms with Crippen LogP contribution in [0.25, 0.3) is 0 Å². The number of hydrogen-bond donors (Lipinski definition) is 3. The molecule has 1 aromatic carbocycles. The largest absolute Gasteiger partial charge is 0.481 e. The first-order valence-corrected chi connectivity index (χ1v) is 10.3. The van der Waals surface area contributed by atoms with E-state index in [0.717, 1.165) is 19.3 Å². The van der Waals surface area contributed by atoms with Gasteiger partial charge in [0, 0.05) is 18.3 Å². The lowest BCUT2D eigenvalue weighted by molar-refractivity contribution is -0.139. The van der Waals surface area contributed by atoms with E-state index in [1.165, 1.54) is 0 Å². The van der Waals surface area contributed by atoms with Crippen molar-refractivity contribution in [2.75, 3.05) is 0 Å². The average Bonchev–Trinajstić information content (AvgIpc) is 2.95. The predicted molar refractivity (Wildman–Crippen MR) is 109 cm³/mol. The van der Waals surface area contributed by atoms with Crippen molar-refractivity contribution in [2.45, 2.75) is 70.2 Å². The van der Waals surface area contributed by atoms with Gasteiger partial charge in [-0.3, -0.25) is 4.79 Å². The number of carboxylic acid groups (broad SMARTS) is 1. The number of esters is 1. The molecule has 0 aliphatic heterocycles. The van der Waals surface area contributed by atoms with Crippen LogP contribution in [0.1, 0.15) is 62.7 Å². The zero-order valence-electron chi connectivity index (χ0n) is 17.2. The van der Waals surface area contributed by atoms with Gasteiger partial charge >= 0.3 is 11.9 Å². The second-order valence-corrected chi connectivity index (χ2v) is 8.13. The first-order valence-electron chi connectivity index (χ1n) is 10.3. The molecule has 1 fully saturated rings. The third kappa shape index (κ3) is 6.98. The molecule has 2 rings (SSSR count). The van der Waals surface area contributed by atoms with Gasteiger partial charge in [-0.1, -0.05) is 56.5 Å². The van der Waals surface area contributed by atoms with Gasteiger partial charge in [0.2, 0.25) is 0 Å². The number of ether oxygens (including phenoxy) is 1. The number of carbonyl (C=O) groups is 2. The number of rotatable bonds is 10. The number of aliphatic hydroxyl groups excluding tert-OH is 1. The van der Waals surface area contributed by atoms with Crippen molar-refractivity contribution in [3.05, 3.63) is 48.0 Å². The van der Waals surface area contributed by atoms with Crippen LogP contribution in [-0.4, -0.2) is 45.1 Å². The van der Waals surface area contributed by atoms with Crippen molar-refractivity contribution < 1.29 is 29.6 Å². The van der Waals surface area contributed by atoms with Crippen LogP contribution >= 0.6 is 0 Å². The molecule has 0 heterocycles. The van der Waals surface area contributed by atoms with Crippen molar-refractivity contribution >= 4 is 11.9 Å². The van der Waals surface area contributed by atoms with Gasteiger partial charge in [-0.05, 0) is 25.5 Å². The van der Waals surface area contributed by atoms with Gasteiger partial charge < -0.3 is 20.1 Å². The Bertz CT molecular complexity index is 697. The summed E-state index contributed by atoms with van der Waals surface area (Å²) >= 11 is 0. The van der Waals surface area contributed by atoms with Crippen LogP contribution in [0.2, 0.25) is 0 Å². The summed E-state index contributed by atoms with van der Waals surface area (Å²) in [5.41, 5.74) is -0.636. The van der Waals surface area contributed by atoms with E-state index >= 15 is 0 Å². The molecule has 0 bridgehead atoms. The Balaban J connectivity index is 2.16. The summed E-state index contributed by atoms with van der Waals surface area (Å²) in [6, 6.07) is 8.55. The van der Waals surface area contributed by atoms with E-state index < -0.39 is 41.6 Å². The quantitative estimate of drug-likeness (QED) is 0.313. The second kappa shape index (κ2) is 10.6. The smallest absolute Gasteiger partial charge is 0.338 e. The Morgan fingerprint density at radius 1 is 1.24 bits per heavy atom. The fourth-order valence-corrected chi connectivity index (χ4v) is 3.88. The Morgan fingerprint density at radius 3 is 2.55 bits per heavy atom. The number of carboxylic acids is 1. The summed E-state index contributed by atoms with van der Waals surface area (Å²) in [5.74, 6) is -2.58. The molecule has 160 valence electrons. The molecule has 6 heteroatoms. The molecular weight excluding hydrogens is 372 g/mol. The summed E-state index contributed by atoms with van der Waals surface area (Å²) in [7, 11) is 0. The van der Waals surface area contributed by atoms with E-state index in [9.17, 15) is 24.9 Å². The molecule has 3 N–H and O–H groups in total. The lowest BCUT2D eigenvalue weighted by Gasteiger charge is -2.24. The highest BCUT2D eigenvalue weighted by molar-refractivity contribution is 5.89. The van der Waals surface area contributed by atoms with Crippen molar-refractivity contribution in [1.82, 2.24) is 0 Å². The first kappa shape index (κ1) is 23.1. The van der Waals surface area contributed by atoms with Crippen LogP contribution in [0, 0.1) is 11.8 Å². The number of benzene rings is 1. The number of carbonyl (C=O) groups excluding carboxylic acids is 1. The molecule has 1 saturated carbocycles. The topological polar surface area (TPSA) is 104 Å². The van der Waals surface area contributed by atoms with Gasteiger partial charge in [-0.25, -0.2) is 4.79 Å². The summed E-state index contributed by atoms with van der Waals surface area (Å²) < 4.78 is 5.63. The van der Waals surface area contributed by atoms with E-state index in [-0.39, 0.29) is 12.8 Å². The predicted octanol–water partition coefficient (Wildman–Crippen LogP) is 3.57. The van der Waals surface area contributed by atoms with Crippen molar-refractivity contribution in [2.24, 2.45) is 11.8 Å². The summed E-state index contributed by atoms with van der Waals surface area (Å²) in [4.78, 5) is 23.7. The maximum absolute atomic E-state index is 12.5. The van der Waals surface area contributed by atoms with E-state index in [2.05, 4.69) is 6.92 Å². The molecule has 29 heavy (non-hydrogen) atoms. The normalized spacial score (nSPS) is 26.3. The molecule has 0 aromatic heterocycles. The molecule has 0 saturated heterocycles. The maximum Gasteiger partial charge on any atom is 0.338 e. The van der Waals surface area contributed by atoms with Gasteiger partial charge in [0.1, 0.15) is 6.10 Å². The zero-order chi connectivity index (χ0) is 21.4. The Morgan fingerprint density at radius 2 is 1.93 bits per heavy atom. The molecular formula is C23H32O6. The second-order valence-electron chi connectivity index (χ2n) is 8.13. The summed E-state index contributed by atoms with van der Waals surface area (Å²) in [6.07, 6.45) is 5.32. The van der Waals surface area contributed by atoms with Gasteiger partial charge in [-0.15, -0.1) is 0 Å². The minimum Gasteiger partial charge on any atom is -0.481 e. The fourth-order valence-electron chi connectivity index (χ4n) is 3.88. The third-order valence-corrected chi connectivity index (χ3v) is 5.53. The van der Waals surface area contributed by atoms with E-state index in [1.807, 2.05) is 0 Å². The number of aliphatic carboxylic acids is 1. The van der Waals surface area contributed by atoms with Crippen molar-refractivity contribution in [3.63, 3.8) is 0 Å². The van der Waals surface area contributed by atoms with Gasteiger partial charge in [0.25, 0.3) is 0 Å². The standard InChI is InChI=1S/C23H32O6/c1-3-4-8-12-23(2,28)13-11-17-18(14-21(25)26)19(24)15-20(17)29-22(27)16-9-6-5-7-10-16/h5-7,9-11,13,17-20,24,28H,3-4,8,12,14-15H2,1-2H3,(H,25,26)/t17-,18-,19+,20-,23?/m1/s1. The van der Waals surface area contributed by atoms with Crippen LogP contribution in [0.4, 0.5) is 0 Å². The van der Waals surface area contributed by atoms with Crippen LogP contribution in [-0.2, 0) is 9.53 Å². The molecule has 1 unspecified atom stereocenters. The highest BCUT2D eigenvalue weighted by Crippen LogP contribution is 2.38. The molecule has 1 aliphatic rings. The highest BCUT2D eigenvalue weighted by Gasteiger charge is 2.44. The Labute approximate surface area is 172 Å². The SMILES string of the molecule is CCCCCC(C)(O)C=C[C@@H]1[C@@H](CC(=O)O)[C@@H](O)C[C@H]1OC(=O)c1ccccc1. The van der Waals surface area contributed by atoms with Crippen molar-refractivity contribution in [3.8, 4) is 0 Å². The van der Waals surface area contributed by atoms with Crippen LogP contribution in [0.15, 0.2) is 42.5 Å². The first-order chi connectivity index (χ1) is 13.7. The number of aliphatic hydroxyl groups is 2. The summed E-state index contributed by atoms with van der Waals surface area (Å²) in [6.45, 7) is 3.80. The molecule has 1 aromatic rings. The molecule has 0 spiro atoms. The van der Waals surface area contributed by atoms with E-state index in [1.54, 1.807) is 49.4 Å². The van der Waals surface area contributed by atoms with Crippen LogP contribution < -0.4 is 0 Å². The highest BCUT2D eigenvalue weighted by atomic mass is 16.5. The average molecular weight is 405 g/mol. The summed E-state index contributed by atoms with van der Waals surface area (Å²) in [5, 5.41) is 30.3. The minimum atomic E-state index is -1.04. The molecule has 0 radical (unpaired) electrons. The van der Waals surface area contributed by atoms with Crippen LogP contribution in [0.3, 0.4) is 0 Å². The molecule has 1 aliphatic carbocycles. The molecule has 5 atom stereocenters. The Kier molecular flexibility index (Phi) is 8.41. The van der Waals surface area contributed by atoms with Crippen LogP contribution in [0.5, 0.6) is 0 Å². The lowest BCUT2D eigenvalue weighted by atomic mass is 9.88. The van der Waals surface area contributed by atoms with E-state index in [4.69, 9.17) is 4.74 Å². The molecule has 6 nitrogen and oxygen atoms in total. The number of hydrogen-bond acceptors (Lipinski definition) is 5. The zero-order valence-corrected chi connectivity index (χ0v) is 17.2.